The number of halogens is 2. The predicted octanol–water partition coefficient (Wildman–Crippen LogP) is 4.52. The van der Waals surface area contributed by atoms with Crippen LogP contribution in [-0.2, 0) is 0 Å². The molecule has 0 aliphatic carbocycles. The molecular formula is C16H22Cl2N2O2. The molecule has 1 fully saturated rings. The maximum absolute atomic E-state index is 13.0. The third-order valence-electron chi connectivity index (χ3n) is 4.01. The molecule has 0 spiro atoms. The fourth-order valence-electron chi connectivity index (χ4n) is 3.21. The van der Waals surface area contributed by atoms with Gasteiger partial charge in [0.1, 0.15) is 5.72 Å². The molecule has 1 aliphatic heterocycles. The third kappa shape index (κ3) is 3.05. The van der Waals surface area contributed by atoms with Gasteiger partial charge in [0.05, 0.1) is 10.0 Å². The van der Waals surface area contributed by atoms with Gasteiger partial charge in [-0.15, -0.1) is 0 Å². The van der Waals surface area contributed by atoms with E-state index in [1.807, 2.05) is 20.8 Å². The minimum atomic E-state index is -1.29. The van der Waals surface area contributed by atoms with E-state index in [4.69, 9.17) is 23.2 Å². The van der Waals surface area contributed by atoms with E-state index in [2.05, 4.69) is 0 Å². The smallest absolute Gasteiger partial charge is 0.327 e. The normalized spacial score (nSPS) is 24.8. The molecule has 0 bridgehead atoms. The number of rotatable bonds is 3. The summed E-state index contributed by atoms with van der Waals surface area (Å²) in [4.78, 5) is 16.2. The molecule has 1 aromatic rings. The molecule has 1 heterocycles. The molecule has 6 heteroatoms. The summed E-state index contributed by atoms with van der Waals surface area (Å²) in [5.74, 6) is 0. The number of amides is 2. The standard InChI is InChI=1S/C16H22Cl2N2O2/c1-5-8-19-14(21)20(16(4,22)10-15(19,2)3)11-6-7-12(17)13(18)9-11/h6-7,9,22H,5,8,10H2,1-4H3/t16-/m0/s1. The zero-order chi connectivity index (χ0) is 16.7. The van der Waals surface area contributed by atoms with Crippen molar-refractivity contribution in [2.75, 3.05) is 11.4 Å². The average Bonchev–Trinajstić information content (AvgIpc) is 2.37. The maximum Gasteiger partial charge on any atom is 0.327 e. The van der Waals surface area contributed by atoms with E-state index in [1.165, 1.54) is 4.90 Å². The molecule has 1 aromatic carbocycles. The number of urea groups is 1. The van der Waals surface area contributed by atoms with Crippen LogP contribution in [0.1, 0.15) is 40.5 Å². The van der Waals surface area contributed by atoms with Gasteiger partial charge in [-0.2, -0.15) is 0 Å². The van der Waals surface area contributed by atoms with Crippen LogP contribution in [0.5, 0.6) is 0 Å². The van der Waals surface area contributed by atoms with Gasteiger partial charge in [0.25, 0.3) is 0 Å². The first-order chi connectivity index (χ1) is 10.1. The van der Waals surface area contributed by atoms with E-state index in [0.29, 0.717) is 28.7 Å². The molecule has 1 N–H and O–H groups in total. The van der Waals surface area contributed by atoms with Crippen molar-refractivity contribution < 1.29 is 9.90 Å². The predicted molar refractivity (Wildman–Crippen MR) is 90.7 cm³/mol. The van der Waals surface area contributed by atoms with Crippen LogP contribution in [0.15, 0.2) is 18.2 Å². The van der Waals surface area contributed by atoms with Crippen molar-refractivity contribution in [3.63, 3.8) is 0 Å². The van der Waals surface area contributed by atoms with Crippen LogP contribution in [0.4, 0.5) is 10.5 Å². The molecule has 0 aromatic heterocycles. The SMILES string of the molecule is CCCN1C(=O)N(c2ccc(Cl)c(Cl)c2)[C@@](C)(O)CC1(C)C. The Labute approximate surface area is 141 Å². The van der Waals surface area contributed by atoms with Crippen molar-refractivity contribution in [1.29, 1.82) is 0 Å². The molecule has 1 aliphatic rings. The van der Waals surface area contributed by atoms with Crippen molar-refractivity contribution in [1.82, 2.24) is 4.90 Å². The van der Waals surface area contributed by atoms with Crippen LogP contribution in [0.25, 0.3) is 0 Å². The molecule has 22 heavy (non-hydrogen) atoms. The zero-order valence-corrected chi connectivity index (χ0v) is 14.9. The summed E-state index contributed by atoms with van der Waals surface area (Å²) in [7, 11) is 0. The van der Waals surface area contributed by atoms with Gasteiger partial charge in [-0.05, 0) is 45.4 Å². The lowest BCUT2D eigenvalue weighted by molar-refractivity contribution is -0.0252. The molecule has 1 atom stereocenters. The number of anilines is 1. The van der Waals surface area contributed by atoms with E-state index >= 15 is 0 Å². The van der Waals surface area contributed by atoms with Crippen molar-refractivity contribution in [2.45, 2.75) is 51.8 Å². The fraction of sp³-hybridized carbons (Fsp3) is 0.562. The molecular weight excluding hydrogens is 323 g/mol. The van der Waals surface area contributed by atoms with Crippen LogP contribution >= 0.6 is 23.2 Å². The third-order valence-corrected chi connectivity index (χ3v) is 4.75. The van der Waals surface area contributed by atoms with Crippen LogP contribution in [0, 0.1) is 0 Å². The van der Waals surface area contributed by atoms with Crippen molar-refractivity contribution >= 4 is 34.9 Å². The first-order valence-electron chi connectivity index (χ1n) is 7.39. The number of carbonyl (C=O) groups excluding carboxylic acids is 1. The second kappa shape index (κ2) is 5.91. The van der Waals surface area contributed by atoms with E-state index in [0.717, 1.165) is 6.42 Å². The molecule has 122 valence electrons. The van der Waals surface area contributed by atoms with Gasteiger partial charge in [0.15, 0.2) is 0 Å². The van der Waals surface area contributed by atoms with Gasteiger partial charge in [0, 0.05) is 24.2 Å². The Balaban J connectivity index is 2.48. The average molecular weight is 345 g/mol. The van der Waals surface area contributed by atoms with Gasteiger partial charge >= 0.3 is 6.03 Å². The lowest BCUT2D eigenvalue weighted by Gasteiger charge is -2.53. The van der Waals surface area contributed by atoms with Crippen molar-refractivity contribution in [2.24, 2.45) is 0 Å². The molecule has 0 unspecified atom stereocenters. The fourth-order valence-corrected chi connectivity index (χ4v) is 3.51. The molecule has 4 nitrogen and oxygen atoms in total. The number of hydrogen-bond donors (Lipinski definition) is 1. The minimum Gasteiger partial charge on any atom is -0.371 e. The highest BCUT2D eigenvalue weighted by Gasteiger charge is 2.50. The van der Waals surface area contributed by atoms with Gasteiger partial charge in [-0.25, -0.2) is 4.79 Å². The van der Waals surface area contributed by atoms with Gasteiger partial charge < -0.3 is 10.0 Å². The summed E-state index contributed by atoms with van der Waals surface area (Å²) < 4.78 is 0. The van der Waals surface area contributed by atoms with Crippen molar-refractivity contribution in [3.05, 3.63) is 28.2 Å². The Morgan fingerprint density at radius 3 is 2.41 bits per heavy atom. The maximum atomic E-state index is 13.0. The molecule has 2 rings (SSSR count). The molecule has 0 saturated carbocycles. The quantitative estimate of drug-likeness (QED) is 0.875. The van der Waals surface area contributed by atoms with Crippen LogP contribution in [-0.4, -0.2) is 33.8 Å². The highest BCUT2D eigenvalue weighted by Crippen LogP contribution is 2.40. The summed E-state index contributed by atoms with van der Waals surface area (Å²) in [6.45, 7) is 8.26. The summed E-state index contributed by atoms with van der Waals surface area (Å²) >= 11 is 12.0. The summed E-state index contributed by atoms with van der Waals surface area (Å²) in [5, 5.41) is 11.6. The highest BCUT2D eigenvalue weighted by atomic mass is 35.5. The van der Waals surface area contributed by atoms with E-state index in [-0.39, 0.29) is 6.03 Å². The number of hydrogen-bond acceptors (Lipinski definition) is 2. The molecule has 0 radical (unpaired) electrons. The largest absolute Gasteiger partial charge is 0.371 e. The Hall–Kier alpha value is -0.970. The van der Waals surface area contributed by atoms with Crippen LogP contribution < -0.4 is 4.90 Å². The van der Waals surface area contributed by atoms with Crippen molar-refractivity contribution in [3.8, 4) is 0 Å². The monoisotopic (exact) mass is 344 g/mol. The van der Waals surface area contributed by atoms with Gasteiger partial charge in [0.2, 0.25) is 0 Å². The van der Waals surface area contributed by atoms with E-state index < -0.39 is 11.3 Å². The Morgan fingerprint density at radius 2 is 1.86 bits per heavy atom. The summed E-state index contributed by atoms with van der Waals surface area (Å²) in [6, 6.07) is 4.72. The Bertz CT molecular complexity index is 588. The van der Waals surface area contributed by atoms with Crippen LogP contribution in [0.3, 0.4) is 0 Å². The summed E-state index contributed by atoms with van der Waals surface area (Å²) in [5.41, 5.74) is -1.16. The topological polar surface area (TPSA) is 43.8 Å². The second-order valence-corrected chi connectivity index (χ2v) is 7.39. The van der Waals surface area contributed by atoms with Gasteiger partial charge in [-0.1, -0.05) is 30.1 Å². The second-order valence-electron chi connectivity index (χ2n) is 6.57. The lowest BCUT2D eigenvalue weighted by atomic mass is 9.87. The first kappa shape index (κ1) is 17.4. The van der Waals surface area contributed by atoms with Gasteiger partial charge in [-0.3, -0.25) is 4.90 Å². The number of aliphatic hydroxyl groups is 1. The highest BCUT2D eigenvalue weighted by molar-refractivity contribution is 6.42. The van der Waals surface area contributed by atoms with E-state index in [9.17, 15) is 9.90 Å². The van der Waals surface area contributed by atoms with Crippen LogP contribution in [0.2, 0.25) is 10.0 Å². The molecule has 1 saturated heterocycles. The zero-order valence-electron chi connectivity index (χ0n) is 13.4. The minimum absolute atomic E-state index is 0.221. The molecule has 2 amide bonds. The Morgan fingerprint density at radius 1 is 1.23 bits per heavy atom. The number of benzene rings is 1. The number of carbonyl (C=O) groups is 1. The lowest BCUT2D eigenvalue weighted by Crippen LogP contribution is -2.68. The Kier molecular flexibility index (Phi) is 4.67. The summed E-state index contributed by atoms with van der Waals surface area (Å²) in [6.07, 6.45) is 1.29. The van der Waals surface area contributed by atoms with E-state index in [1.54, 1.807) is 30.0 Å². The first-order valence-corrected chi connectivity index (χ1v) is 8.15. The number of nitrogens with zero attached hydrogens (tertiary/aromatic N) is 2.